The first-order chi connectivity index (χ1) is 10.8. The van der Waals surface area contributed by atoms with Crippen LogP contribution in [0.15, 0.2) is 36.4 Å². The fourth-order valence-corrected chi connectivity index (χ4v) is 2.76. The summed E-state index contributed by atoms with van der Waals surface area (Å²) in [5, 5.41) is 15.9. The number of nitrogens with one attached hydrogen (secondary N) is 1. The molecule has 0 radical (unpaired) electrons. The number of rotatable bonds is 3. The molecule has 1 N–H and O–H groups in total. The molecule has 0 amide bonds. The third-order valence-electron chi connectivity index (χ3n) is 3.95. The summed E-state index contributed by atoms with van der Waals surface area (Å²) in [7, 11) is 0. The average Bonchev–Trinajstić information content (AvgIpc) is 2.93. The summed E-state index contributed by atoms with van der Waals surface area (Å²) in [6.45, 7) is 3.45. The van der Waals surface area contributed by atoms with Gasteiger partial charge in [-0.2, -0.15) is 4.52 Å². The minimum atomic E-state index is 0.439. The summed E-state index contributed by atoms with van der Waals surface area (Å²) in [6, 6.07) is 12.1. The third-order valence-corrected chi connectivity index (χ3v) is 3.95. The van der Waals surface area contributed by atoms with Crippen LogP contribution in [0.3, 0.4) is 0 Å². The van der Waals surface area contributed by atoms with Crippen molar-refractivity contribution in [2.45, 2.75) is 13.3 Å². The van der Waals surface area contributed by atoms with Crippen LogP contribution < -0.4 is 10.1 Å². The summed E-state index contributed by atoms with van der Waals surface area (Å²) in [4.78, 5) is 0. The highest BCUT2D eigenvalue weighted by molar-refractivity contribution is 5.44. The van der Waals surface area contributed by atoms with E-state index >= 15 is 0 Å². The van der Waals surface area contributed by atoms with E-state index in [2.05, 4.69) is 32.7 Å². The fraction of sp³-hybridized carbons (Fsp3) is 0.312. The van der Waals surface area contributed by atoms with Crippen molar-refractivity contribution in [1.29, 1.82) is 0 Å². The topological polar surface area (TPSA) is 64.3 Å². The van der Waals surface area contributed by atoms with Gasteiger partial charge in [0, 0.05) is 12.5 Å². The van der Waals surface area contributed by atoms with E-state index in [-0.39, 0.29) is 0 Å². The van der Waals surface area contributed by atoms with Crippen molar-refractivity contribution in [3.8, 4) is 5.75 Å². The summed E-state index contributed by atoms with van der Waals surface area (Å²) < 4.78 is 7.56. The number of fused-ring (bicyclic) bond motifs is 2. The zero-order valence-electron chi connectivity index (χ0n) is 12.4. The van der Waals surface area contributed by atoms with E-state index in [1.807, 2.05) is 31.2 Å². The van der Waals surface area contributed by atoms with E-state index < -0.39 is 0 Å². The van der Waals surface area contributed by atoms with Crippen molar-refractivity contribution in [3.05, 3.63) is 47.8 Å². The van der Waals surface area contributed by atoms with Gasteiger partial charge in [0.1, 0.15) is 11.6 Å². The highest BCUT2D eigenvalue weighted by atomic mass is 16.5. The minimum absolute atomic E-state index is 0.439. The molecule has 1 atom stereocenters. The molecule has 1 aliphatic rings. The Balaban J connectivity index is 1.45. The predicted octanol–water partition coefficient (Wildman–Crippen LogP) is 2.10. The van der Waals surface area contributed by atoms with Crippen LogP contribution in [0.2, 0.25) is 0 Å². The van der Waals surface area contributed by atoms with Crippen LogP contribution in [0.1, 0.15) is 11.4 Å². The Hall–Kier alpha value is -2.63. The standard InChI is InChI=1S/C16H17N5O/c1-11-18-19-16-7-6-15(20-21(11)16)17-9-12-8-13-4-2-3-5-14(13)22-10-12/h2-7,12H,8-10H2,1H3,(H,17,20). The Morgan fingerprint density at radius 3 is 3.09 bits per heavy atom. The van der Waals surface area contributed by atoms with Gasteiger partial charge >= 0.3 is 0 Å². The van der Waals surface area contributed by atoms with Gasteiger partial charge in [0.2, 0.25) is 0 Å². The lowest BCUT2D eigenvalue weighted by Gasteiger charge is -2.25. The quantitative estimate of drug-likeness (QED) is 0.801. The number of aromatic nitrogens is 4. The molecule has 1 unspecified atom stereocenters. The van der Waals surface area contributed by atoms with E-state index in [1.165, 1.54) is 5.56 Å². The molecule has 0 spiro atoms. The van der Waals surface area contributed by atoms with Crippen molar-refractivity contribution in [1.82, 2.24) is 19.8 Å². The van der Waals surface area contributed by atoms with Gasteiger partial charge in [-0.1, -0.05) is 18.2 Å². The molecule has 2 aromatic heterocycles. The van der Waals surface area contributed by atoms with E-state index in [0.717, 1.165) is 42.6 Å². The van der Waals surface area contributed by atoms with Crippen LogP contribution in [0.5, 0.6) is 5.75 Å². The summed E-state index contributed by atoms with van der Waals surface area (Å²) in [6.07, 6.45) is 1.02. The largest absolute Gasteiger partial charge is 0.493 e. The van der Waals surface area contributed by atoms with Gasteiger partial charge in [-0.25, -0.2) is 0 Å². The highest BCUT2D eigenvalue weighted by Gasteiger charge is 2.19. The number of hydrogen-bond acceptors (Lipinski definition) is 5. The maximum atomic E-state index is 5.82. The van der Waals surface area contributed by atoms with Crippen LogP contribution in [0.25, 0.3) is 5.65 Å². The lowest BCUT2D eigenvalue weighted by molar-refractivity contribution is 0.229. The van der Waals surface area contributed by atoms with Gasteiger partial charge in [-0.3, -0.25) is 0 Å². The first kappa shape index (κ1) is 13.1. The Labute approximate surface area is 128 Å². The summed E-state index contributed by atoms with van der Waals surface area (Å²) in [5.74, 6) is 3.07. The molecular weight excluding hydrogens is 278 g/mol. The Kier molecular flexibility index (Phi) is 3.14. The normalized spacial score (nSPS) is 17.0. The SMILES string of the molecule is Cc1nnc2ccc(NCC3COc4ccccc4C3)nn12. The molecule has 3 heterocycles. The van der Waals surface area contributed by atoms with Crippen LogP contribution in [-0.2, 0) is 6.42 Å². The zero-order chi connectivity index (χ0) is 14.9. The smallest absolute Gasteiger partial charge is 0.178 e. The number of anilines is 1. The van der Waals surface area contributed by atoms with Crippen LogP contribution in [-0.4, -0.2) is 33.0 Å². The predicted molar refractivity (Wildman–Crippen MR) is 83.1 cm³/mol. The van der Waals surface area contributed by atoms with E-state index in [4.69, 9.17) is 4.74 Å². The van der Waals surface area contributed by atoms with Crippen molar-refractivity contribution in [2.75, 3.05) is 18.5 Å². The lowest BCUT2D eigenvalue weighted by Crippen LogP contribution is -2.27. The second kappa shape index (κ2) is 5.29. The average molecular weight is 295 g/mol. The lowest BCUT2D eigenvalue weighted by atomic mass is 9.97. The number of ether oxygens (including phenoxy) is 1. The minimum Gasteiger partial charge on any atom is -0.493 e. The Morgan fingerprint density at radius 1 is 1.23 bits per heavy atom. The second-order valence-electron chi connectivity index (χ2n) is 5.61. The van der Waals surface area contributed by atoms with Crippen LogP contribution >= 0.6 is 0 Å². The second-order valence-corrected chi connectivity index (χ2v) is 5.61. The van der Waals surface area contributed by atoms with Crippen LogP contribution in [0, 0.1) is 12.8 Å². The molecule has 1 aromatic carbocycles. The van der Waals surface area contributed by atoms with E-state index in [1.54, 1.807) is 4.52 Å². The van der Waals surface area contributed by atoms with Gasteiger partial charge in [0.05, 0.1) is 6.61 Å². The number of hydrogen-bond donors (Lipinski definition) is 1. The fourth-order valence-electron chi connectivity index (χ4n) is 2.76. The summed E-state index contributed by atoms with van der Waals surface area (Å²) in [5.41, 5.74) is 2.04. The van der Waals surface area contributed by atoms with Crippen LogP contribution in [0.4, 0.5) is 5.82 Å². The van der Waals surface area contributed by atoms with Gasteiger partial charge in [0.15, 0.2) is 11.5 Å². The maximum absolute atomic E-state index is 5.82. The molecule has 6 nitrogen and oxygen atoms in total. The number of nitrogens with zero attached hydrogens (tertiary/aromatic N) is 4. The molecule has 1 aliphatic heterocycles. The Bertz CT molecular complexity index is 813. The zero-order valence-corrected chi connectivity index (χ0v) is 12.4. The molecular formula is C16H17N5O. The Morgan fingerprint density at radius 2 is 2.14 bits per heavy atom. The molecule has 6 heteroatoms. The van der Waals surface area contributed by atoms with Gasteiger partial charge in [-0.15, -0.1) is 15.3 Å². The number of para-hydroxylation sites is 1. The van der Waals surface area contributed by atoms with Crippen molar-refractivity contribution >= 4 is 11.5 Å². The van der Waals surface area contributed by atoms with Crippen molar-refractivity contribution in [2.24, 2.45) is 5.92 Å². The van der Waals surface area contributed by atoms with E-state index in [0.29, 0.717) is 5.92 Å². The number of benzene rings is 1. The third kappa shape index (κ3) is 2.36. The van der Waals surface area contributed by atoms with Crippen molar-refractivity contribution in [3.63, 3.8) is 0 Å². The molecule has 22 heavy (non-hydrogen) atoms. The van der Waals surface area contributed by atoms with Gasteiger partial charge < -0.3 is 10.1 Å². The van der Waals surface area contributed by atoms with Gasteiger partial charge in [0.25, 0.3) is 0 Å². The molecule has 0 aliphatic carbocycles. The van der Waals surface area contributed by atoms with Crippen molar-refractivity contribution < 1.29 is 4.74 Å². The maximum Gasteiger partial charge on any atom is 0.178 e. The first-order valence-corrected chi connectivity index (χ1v) is 7.43. The molecule has 3 aromatic rings. The van der Waals surface area contributed by atoms with E-state index in [9.17, 15) is 0 Å². The first-order valence-electron chi connectivity index (χ1n) is 7.43. The molecule has 4 rings (SSSR count). The molecule has 0 saturated heterocycles. The molecule has 0 saturated carbocycles. The number of aryl methyl sites for hydroxylation is 1. The molecule has 0 fully saturated rings. The highest BCUT2D eigenvalue weighted by Crippen LogP contribution is 2.26. The monoisotopic (exact) mass is 295 g/mol. The van der Waals surface area contributed by atoms with Gasteiger partial charge in [-0.05, 0) is 37.1 Å². The molecule has 112 valence electrons. The molecule has 0 bridgehead atoms. The summed E-state index contributed by atoms with van der Waals surface area (Å²) >= 11 is 0.